The molecule has 4 nitrogen and oxygen atoms in total. The maximum Gasteiger partial charge on any atom is 0.410 e. The maximum absolute atomic E-state index is 15.3. The van der Waals surface area contributed by atoms with Crippen molar-refractivity contribution in [2.75, 3.05) is 0 Å². The lowest BCUT2D eigenvalue weighted by Gasteiger charge is -2.42. The van der Waals surface area contributed by atoms with Gasteiger partial charge in [0, 0.05) is 29.6 Å². The Kier molecular flexibility index (Phi) is 5.42. The molecule has 7 heteroatoms. The number of rotatable bonds is 3. The molecule has 0 aliphatic carbocycles. The third kappa shape index (κ3) is 3.86. The Morgan fingerprint density at radius 2 is 1.79 bits per heavy atom. The molecule has 1 amide bonds. The SMILES string of the molecule is CC(N)c1cccc(C(F)(F)C2CC3CCC(C2)N3C(=O)OC(C)(C)C)c1F. The van der Waals surface area contributed by atoms with Crippen LogP contribution in [0.4, 0.5) is 18.0 Å². The van der Waals surface area contributed by atoms with Crippen molar-refractivity contribution in [1.29, 1.82) is 0 Å². The molecule has 0 spiro atoms. The van der Waals surface area contributed by atoms with Crippen LogP contribution in [-0.2, 0) is 10.7 Å². The van der Waals surface area contributed by atoms with Gasteiger partial charge in [-0.2, -0.15) is 0 Å². The number of amides is 1. The molecular weight excluding hydrogens is 369 g/mol. The number of carbonyl (C=O) groups is 1. The molecule has 0 saturated carbocycles. The Morgan fingerprint density at radius 1 is 1.21 bits per heavy atom. The topological polar surface area (TPSA) is 55.6 Å². The van der Waals surface area contributed by atoms with Crippen molar-refractivity contribution in [3.05, 3.63) is 35.1 Å². The number of fused-ring (bicyclic) bond motifs is 2. The molecule has 2 saturated heterocycles. The van der Waals surface area contributed by atoms with Crippen molar-refractivity contribution in [3.63, 3.8) is 0 Å². The molecule has 1 aromatic rings. The van der Waals surface area contributed by atoms with Gasteiger partial charge in [0.2, 0.25) is 0 Å². The lowest BCUT2D eigenvalue weighted by atomic mass is 9.82. The van der Waals surface area contributed by atoms with Crippen LogP contribution in [0.1, 0.15) is 70.5 Å². The minimum Gasteiger partial charge on any atom is -0.444 e. The normalized spacial score (nSPS) is 26.3. The van der Waals surface area contributed by atoms with Gasteiger partial charge in [0.05, 0.1) is 5.56 Å². The highest BCUT2D eigenvalue weighted by atomic mass is 19.3. The second kappa shape index (κ2) is 7.25. The van der Waals surface area contributed by atoms with Gasteiger partial charge in [0.15, 0.2) is 0 Å². The van der Waals surface area contributed by atoms with Crippen LogP contribution in [0.3, 0.4) is 0 Å². The van der Waals surface area contributed by atoms with Gasteiger partial charge in [-0.15, -0.1) is 0 Å². The van der Waals surface area contributed by atoms with Crippen LogP contribution in [0.25, 0.3) is 0 Å². The van der Waals surface area contributed by atoms with Gasteiger partial charge in [-0.25, -0.2) is 18.0 Å². The Labute approximate surface area is 164 Å². The summed E-state index contributed by atoms with van der Waals surface area (Å²) in [5.74, 6) is -5.28. The number of nitrogens with zero attached hydrogens (tertiary/aromatic N) is 1. The monoisotopic (exact) mass is 398 g/mol. The van der Waals surface area contributed by atoms with E-state index in [9.17, 15) is 9.18 Å². The van der Waals surface area contributed by atoms with Crippen LogP contribution in [-0.4, -0.2) is 28.7 Å². The fourth-order valence-electron chi connectivity index (χ4n) is 4.46. The van der Waals surface area contributed by atoms with Gasteiger partial charge >= 0.3 is 6.09 Å². The van der Waals surface area contributed by atoms with E-state index in [1.54, 1.807) is 32.6 Å². The smallest absolute Gasteiger partial charge is 0.410 e. The van der Waals surface area contributed by atoms with Crippen molar-refractivity contribution < 1.29 is 22.7 Å². The van der Waals surface area contributed by atoms with Gasteiger partial charge < -0.3 is 15.4 Å². The summed E-state index contributed by atoms with van der Waals surface area (Å²) in [4.78, 5) is 14.1. The molecule has 2 bridgehead atoms. The summed E-state index contributed by atoms with van der Waals surface area (Å²) in [5.41, 5.74) is 4.57. The van der Waals surface area contributed by atoms with E-state index in [1.807, 2.05) is 0 Å². The molecule has 1 aromatic carbocycles. The van der Waals surface area contributed by atoms with Gasteiger partial charge in [0.1, 0.15) is 11.4 Å². The molecule has 3 unspecified atom stereocenters. The zero-order chi connectivity index (χ0) is 20.9. The van der Waals surface area contributed by atoms with Crippen LogP contribution >= 0.6 is 0 Å². The van der Waals surface area contributed by atoms with Crippen molar-refractivity contribution in [2.45, 2.75) is 83.0 Å². The predicted octanol–water partition coefficient (Wildman–Crippen LogP) is 5.12. The molecule has 28 heavy (non-hydrogen) atoms. The summed E-state index contributed by atoms with van der Waals surface area (Å²) in [6.07, 6.45) is 1.14. The van der Waals surface area contributed by atoms with Crippen molar-refractivity contribution in [2.24, 2.45) is 11.7 Å². The fourth-order valence-corrected chi connectivity index (χ4v) is 4.46. The predicted molar refractivity (Wildman–Crippen MR) is 101 cm³/mol. The molecule has 2 aliphatic rings. The number of nitrogens with two attached hydrogens (primary N) is 1. The largest absolute Gasteiger partial charge is 0.444 e. The number of hydrogen-bond acceptors (Lipinski definition) is 3. The Bertz CT molecular complexity index is 732. The average molecular weight is 398 g/mol. The fraction of sp³-hybridized carbons (Fsp3) is 0.667. The molecule has 0 radical (unpaired) electrons. The van der Waals surface area contributed by atoms with E-state index >= 15 is 8.78 Å². The zero-order valence-corrected chi connectivity index (χ0v) is 16.8. The molecule has 3 rings (SSSR count). The zero-order valence-electron chi connectivity index (χ0n) is 16.8. The van der Waals surface area contributed by atoms with Crippen LogP contribution in [0.2, 0.25) is 0 Å². The first-order valence-corrected chi connectivity index (χ1v) is 9.85. The Hall–Kier alpha value is -1.76. The first-order chi connectivity index (χ1) is 12.9. The Morgan fingerprint density at radius 3 is 2.29 bits per heavy atom. The van der Waals surface area contributed by atoms with E-state index < -0.39 is 41.0 Å². The number of halogens is 3. The van der Waals surface area contributed by atoms with E-state index in [4.69, 9.17) is 10.5 Å². The number of ether oxygens (including phenoxy) is 1. The molecule has 2 aliphatic heterocycles. The third-order valence-electron chi connectivity index (χ3n) is 5.73. The highest BCUT2D eigenvalue weighted by Crippen LogP contribution is 2.49. The van der Waals surface area contributed by atoms with Crippen molar-refractivity contribution >= 4 is 6.09 Å². The van der Waals surface area contributed by atoms with Gasteiger partial charge in [-0.05, 0) is 53.4 Å². The first kappa shape index (κ1) is 21.0. The van der Waals surface area contributed by atoms with Gasteiger partial charge in [-0.1, -0.05) is 18.2 Å². The molecule has 2 fully saturated rings. The molecule has 2 heterocycles. The molecule has 156 valence electrons. The van der Waals surface area contributed by atoms with Crippen molar-refractivity contribution in [1.82, 2.24) is 4.90 Å². The number of piperidine rings is 1. The molecule has 0 aromatic heterocycles. The van der Waals surface area contributed by atoms with E-state index in [0.717, 1.165) is 6.07 Å². The highest BCUT2D eigenvalue weighted by Gasteiger charge is 2.53. The van der Waals surface area contributed by atoms with E-state index in [-0.39, 0.29) is 30.5 Å². The van der Waals surface area contributed by atoms with Crippen LogP contribution < -0.4 is 5.73 Å². The van der Waals surface area contributed by atoms with Gasteiger partial charge in [-0.3, -0.25) is 0 Å². The summed E-state index contributed by atoms with van der Waals surface area (Å²) in [6.45, 7) is 6.91. The quantitative estimate of drug-likeness (QED) is 0.769. The summed E-state index contributed by atoms with van der Waals surface area (Å²) in [5, 5.41) is 0. The van der Waals surface area contributed by atoms with Crippen LogP contribution in [0, 0.1) is 11.7 Å². The number of carbonyl (C=O) groups excluding carboxylic acids is 1. The highest BCUT2D eigenvalue weighted by molar-refractivity contribution is 5.69. The van der Waals surface area contributed by atoms with Crippen molar-refractivity contribution in [3.8, 4) is 0 Å². The molecule has 2 N–H and O–H groups in total. The summed E-state index contributed by atoms with van der Waals surface area (Å²) < 4.78 is 50.8. The minimum atomic E-state index is -3.32. The van der Waals surface area contributed by atoms with Crippen LogP contribution in [0.5, 0.6) is 0 Å². The maximum atomic E-state index is 15.3. The third-order valence-corrected chi connectivity index (χ3v) is 5.73. The number of benzene rings is 1. The second-order valence-corrected chi connectivity index (χ2v) is 9.06. The number of hydrogen-bond donors (Lipinski definition) is 1. The van der Waals surface area contributed by atoms with E-state index in [1.165, 1.54) is 12.1 Å². The van der Waals surface area contributed by atoms with Gasteiger partial charge in [0.25, 0.3) is 5.92 Å². The summed E-state index contributed by atoms with van der Waals surface area (Å²) in [7, 11) is 0. The standard InChI is InChI=1S/C21H29F3N2O2/c1-12(25)16-6-5-7-17(18(16)22)21(23,24)13-10-14-8-9-15(11-13)26(14)19(27)28-20(2,3)4/h5-7,12-15H,8-11,25H2,1-4H3. The summed E-state index contributed by atoms with van der Waals surface area (Å²) in [6, 6.07) is 2.74. The Balaban J connectivity index is 1.82. The first-order valence-electron chi connectivity index (χ1n) is 9.85. The lowest BCUT2D eigenvalue weighted by molar-refractivity contribution is -0.100. The van der Waals surface area contributed by atoms with E-state index in [0.29, 0.717) is 12.8 Å². The summed E-state index contributed by atoms with van der Waals surface area (Å²) >= 11 is 0. The second-order valence-electron chi connectivity index (χ2n) is 9.06. The minimum absolute atomic E-state index is 0.0892. The molecular formula is C21H29F3N2O2. The van der Waals surface area contributed by atoms with Crippen LogP contribution in [0.15, 0.2) is 18.2 Å². The molecule has 3 atom stereocenters. The number of alkyl halides is 2. The van der Waals surface area contributed by atoms with E-state index in [2.05, 4.69) is 0 Å². The lowest BCUT2D eigenvalue weighted by Crippen LogP contribution is -2.50. The average Bonchev–Trinajstić information content (AvgIpc) is 2.83.